The first-order valence-electron chi connectivity index (χ1n) is 7.92. The van der Waals surface area contributed by atoms with Gasteiger partial charge in [-0.25, -0.2) is 0 Å². The Bertz CT molecular complexity index is 708. The Hall–Kier alpha value is -1.76. The van der Waals surface area contributed by atoms with Crippen molar-refractivity contribution in [2.75, 3.05) is 19.5 Å². The van der Waals surface area contributed by atoms with Crippen LogP contribution in [0.4, 0.5) is 5.69 Å². The first kappa shape index (κ1) is 15.7. The van der Waals surface area contributed by atoms with Crippen molar-refractivity contribution >= 4 is 33.5 Å². The number of alkyl halides is 1. The number of esters is 1. The molecule has 1 amide bonds. The van der Waals surface area contributed by atoms with Crippen LogP contribution in [0.2, 0.25) is 0 Å². The summed E-state index contributed by atoms with van der Waals surface area (Å²) in [7, 11) is 3.11. The number of carbonyl (C=O) groups is 2. The number of rotatable bonds is 4. The molecule has 7 heteroatoms. The highest BCUT2D eigenvalue weighted by Crippen LogP contribution is 2.60. The number of anilines is 1. The average molecular weight is 396 g/mol. The summed E-state index contributed by atoms with van der Waals surface area (Å²) in [5.74, 6) is 0.329. The maximum absolute atomic E-state index is 12.9. The first-order chi connectivity index (χ1) is 11.5. The summed E-state index contributed by atoms with van der Waals surface area (Å²) in [4.78, 5) is 25.1. The summed E-state index contributed by atoms with van der Waals surface area (Å²) in [6, 6.07) is 5.22. The molecule has 0 spiro atoms. The Morgan fingerprint density at radius 1 is 1.29 bits per heavy atom. The number of ether oxygens (including phenoxy) is 3. The zero-order chi connectivity index (χ0) is 17.0. The van der Waals surface area contributed by atoms with Crippen molar-refractivity contribution in [1.29, 1.82) is 0 Å². The molecule has 3 aliphatic rings. The van der Waals surface area contributed by atoms with Crippen LogP contribution in [0.15, 0.2) is 18.2 Å². The molecule has 1 aromatic carbocycles. The fraction of sp³-hybridized carbons (Fsp3) is 0.529. The molecule has 1 saturated heterocycles. The minimum absolute atomic E-state index is 0.0492. The van der Waals surface area contributed by atoms with Gasteiger partial charge in [-0.3, -0.25) is 9.59 Å². The second-order valence-electron chi connectivity index (χ2n) is 6.52. The second kappa shape index (κ2) is 5.65. The molecule has 128 valence electrons. The van der Waals surface area contributed by atoms with Gasteiger partial charge in [0.25, 0.3) is 0 Å². The highest BCUT2D eigenvalue weighted by atomic mass is 79.9. The molecule has 2 bridgehead atoms. The standard InChI is InChI=1S/C17H18BrNO5/c1-22-7-3-4-11(23-2)10(5-7)19-16(20)12-8-6-9-13(12)17(21)24-15(9)14(8)18/h3-5,8-9,12-15H,6H2,1-2H3,(H,19,20)/t8-,9+,12-,13-,14+,15-/m0/s1. The van der Waals surface area contributed by atoms with Gasteiger partial charge in [0, 0.05) is 12.0 Å². The van der Waals surface area contributed by atoms with E-state index in [0.29, 0.717) is 17.2 Å². The largest absolute Gasteiger partial charge is 0.497 e. The number of halogens is 1. The Morgan fingerprint density at radius 3 is 2.79 bits per heavy atom. The predicted octanol–water partition coefficient (Wildman–Crippen LogP) is 2.21. The molecule has 4 rings (SSSR count). The van der Waals surface area contributed by atoms with E-state index >= 15 is 0 Å². The molecular formula is C17H18BrNO5. The lowest BCUT2D eigenvalue weighted by molar-refractivity contribution is -0.145. The third-order valence-corrected chi connectivity index (χ3v) is 6.69. The molecule has 6 atom stereocenters. The van der Waals surface area contributed by atoms with Gasteiger partial charge in [-0.1, -0.05) is 15.9 Å². The number of hydrogen-bond acceptors (Lipinski definition) is 5. The molecule has 0 radical (unpaired) electrons. The third-order valence-electron chi connectivity index (χ3n) is 5.49. The van der Waals surface area contributed by atoms with E-state index in [9.17, 15) is 9.59 Å². The van der Waals surface area contributed by atoms with E-state index in [4.69, 9.17) is 14.2 Å². The summed E-state index contributed by atoms with van der Waals surface area (Å²) in [5.41, 5.74) is 0.540. The van der Waals surface area contributed by atoms with Gasteiger partial charge in [0.1, 0.15) is 17.6 Å². The zero-order valence-corrected chi connectivity index (χ0v) is 14.9. The summed E-state index contributed by atoms with van der Waals surface area (Å²) < 4.78 is 16.0. The van der Waals surface area contributed by atoms with Crippen molar-refractivity contribution in [2.24, 2.45) is 23.7 Å². The van der Waals surface area contributed by atoms with Gasteiger partial charge in [0.05, 0.1) is 36.6 Å². The minimum Gasteiger partial charge on any atom is -0.497 e. The van der Waals surface area contributed by atoms with Crippen LogP contribution in [-0.2, 0) is 14.3 Å². The van der Waals surface area contributed by atoms with Crippen molar-refractivity contribution in [3.05, 3.63) is 18.2 Å². The number of carbonyl (C=O) groups excluding carboxylic acids is 2. The van der Waals surface area contributed by atoms with Crippen LogP contribution in [0.3, 0.4) is 0 Å². The smallest absolute Gasteiger partial charge is 0.310 e. The molecule has 3 fully saturated rings. The van der Waals surface area contributed by atoms with Gasteiger partial charge in [-0.15, -0.1) is 0 Å². The monoisotopic (exact) mass is 395 g/mol. The van der Waals surface area contributed by atoms with Gasteiger partial charge in [-0.2, -0.15) is 0 Å². The van der Waals surface area contributed by atoms with Crippen LogP contribution in [0.25, 0.3) is 0 Å². The van der Waals surface area contributed by atoms with Crippen LogP contribution in [0.1, 0.15) is 6.42 Å². The number of benzene rings is 1. The normalized spacial score (nSPS) is 35.7. The molecule has 0 unspecified atom stereocenters. The molecular weight excluding hydrogens is 378 g/mol. The van der Waals surface area contributed by atoms with Crippen LogP contribution >= 0.6 is 15.9 Å². The van der Waals surface area contributed by atoms with E-state index in [1.165, 1.54) is 0 Å². The molecule has 1 N–H and O–H groups in total. The van der Waals surface area contributed by atoms with Crippen molar-refractivity contribution < 1.29 is 23.8 Å². The van der Waals surface area contributed by atoms with Crippen molar-refractivity contribution in [2.45, 2.75) is 17.4 Å². The molecule has 1 aliphatic heterocycles. The third kappa shape index (κ3) is 2.13. The van der Waals surface area contributed by atoms with E-state index in [-0.39, 0.29) is 46.5 Å². The summed E-state index contributed by atoms with van der Waals surface area (Å²) in [5, 5.41) is 2.91. The Kier molecular flexibility index (Phi) is 3.71. The van der Waals surface area contributed by atoms with Gasteiger partial charge < -0.3 is 19.5 Å². The Morgan fingerprint density at radius 2 is 2.08 bits per heavy atom. The molecule has 1 aromatic rings. The maximum atomic E-state index is 12.9. The fourth-order valence-electron chi connectivity index (χ4n) is 4.46. The van der Waals surface area contributed by atoms with E-state index in [1.807, 2.05) is 0 Å². The topological polar surface area (TPSA) is 73.9 Å². The van der Waals surface area contributed by atoms with E-state index in [2.05, 4.69) is 21.2 Å². The van der Waals surface area contributed by atoms with Crippen molar-refractivity contribution in [3.8, 4) is 11.5 Å². The number of hydrogen-bond donors (Lipinski definition) is 1. The predicted molar refractivity (Wildman–Crippen MR) is 89.3 cm³/mol. The fourth-order valence-corrected chi connectivity index (χ4v) is 5.50. The lowest BCUT2D eigenvalue weighted by Crippen LogP contribution is -2.40. The highest BCUT2D eigenvalue weighted by Gasteiger charge is 2.67. The summed E-state index contributed by atoms with van der Waals surface area (Å²) >= 11 is 3.62. The van der Waals surface area contributed by atoms with E-state index < -0.39 is 0 Å². The molecule has 0 aromatic heterocycles. The van der Waals surface area contributed by atoms with Crippen LogP contribution in [-0.4, -0.2) is 37.0 Å². The Balaban J connectivity index is 1.60. The van der Waals surface area contributed by atoms with Gasteiger partial charge >= 0.3 is 5.97 Å². The van der Waals surface area contributed by atoms with Crippen molar-refractivity contribution in [1.82, 2.24) is 0 Å². The Labute approximate surface area is 148 Å². The number of methoxy groups -OCH3 is 2. The summed E-state index contributed by atoms with van der Waals surface area (Å²) in [6.07, 6.45) is 0.771. The molecule has 1 heterocycles. The molecule has 6 nitrogen and oxygen atoms in total. The molecule has 24 heavy (non-hydrogen) atoms. The number of nitrogens with one attached hydrogen (secondary N) is 1. The highest BCUT2D eigenvalue weighted by molar-refractivity contribution is 9.09. The second-order valence-corrected chi connectivity index (χ2v) is 7.57. The SMILES string of the molecule is COc1ccc(OC)c(NC(=O)[C@H]2[C@@H]3C[C@H]4[C@H](OC(=O)[C@@H]42)[C@@H]3Br)c1. The van der Waals surface area contributed by atoms with E-state index in [1.54, 1.807) is 32.4 Å². The number of amides is 1. The molecule has 2 saturated carbocycles. The number of fused-ring (bicyclic) bond motifs is 1. The average Bonchev–Trinajstić information content (AvgIpc) is 3.18. The van der Waals surface area contributed by atoms with Crippen LogP contribution in [0, 0.1) is 23.7 Å². The first-order valence-corrected chi connectivity index (χ1v) is 8.84. The van der Waals surface area contributed by atoms with Crippen molar-refractivity contribution in [3.63, 3.8) is 0 Å². The van der Waals surface area contributed by atoms with Gasteiger partial charge in [0.2, 0.25) is 5.91 Å². The summed E-state index contributed by atoms with van der Waals surface area (Å²) in [6.45, 7) is 0. The maximum Gasteiger partial charge on any atom is 0.310 e. The molecule has 2 aliphatic carbocycles. The quantitative estimate of drug-likeness (QED) is 0.624. The minimum atomic E-state index is -0.374. The van der Waals surface area contributed by atoms with E-state index in [0.717, 1.165) is 6.42 Å². The lowest BCUT2D eigenvalue weighted by Gasteiger charge is -2.27. The zero-order valence-electron chi connectivity index (χ0n) is 13.3. The van der Waals surface area contributed by atoms with Gasteiger partial charge in [0.15, 0.2) is 0 Å². The van der Waals surface area contributed by atoms with Crippen LogP contribution < -0.4 is 14.8 Å². The van der Waals surface area contributed by atoms with Gasteiger partial charge in [-0.05, 0) is 24.5 Å². The van der Waals surface area contributed by atoms with Crippen LogP contribution in [0.5, 0.6) is 11.5 Å². The lowest BCUT2D eigenvalue weighted by atomic mass is 9.79.